The highest BCUT2D eigenvalue weighted by molar-refractivity contribution is 7.98. The van der Waals surface area contributed by atoms with Crippen LogP contribution in [0, 0.1) is 0 Å². The predicted molar refractivity (Wildman–Crippen MR) is 92.5 cm³/mol. The van der Waals surface area contributed by atoms with Crippen LogP contribution < -0.4 is 5.32 Å². The number of unbranched alkanes of at least 4 members (excludes halogenated alkanes) is 3. The molecule has 1 aromatic carbocycles. The maximum absolute atomic E-state index is 3.79. The minimum atomic E-state index is 0.502. The lowest BCUT2D eigenvalue weighted by Gasteiger charge is -2.21. The Bertz CT molecular complexity index is 375. The lowest BCUT2D eigenvalue weighted by Crippen LogP contribution is -2.22. The van der Waals surface area contributed by atoms with Crippen LogP contribution in [-0.4, -0.2) is 12.8 Å². The Morgan fingerprint density at radius 2 is 2.05 bits per heavy atom. The van der Waals surface area contributed by atoms with Gasteiger partial charge in [-0.05, 0) is 50.1 Å². The van der Waals surface area contributed by atoms with Crippen molar-refractivity contribution in [1.29, 1.82) is 0 Å². The van der Waals surface area contributed by atoms with Crippen molar-refractivity contribution >= 4 is 11.8 Å². The first-order valence-electron chi connectivity index (χ1n) is 7.80. The fourth-order valence-corrected chi connectivity index (χ4v) is 3.11. The van der Waals surface area contributed by atoms with Crippen molar-refractivity contribution in [3.8, 4) is 0 Å². The van der Waals surface area contributed by atoms with Gasteiger partial charge in [0, 0.05) is 10.9 Å². The molecule has 0 fully saturated rings. The van der Waals surface area contributed by atoms with Crippen LogP contribution in [0.3, 0.4) is 0 Å². The summed E-state index contributed by atoms with van der Waals surface area (Å²) in [6.45, 7) is 7.12. The summed E-state index contributed by atoms with van der Waals surface area (Å²) in [4.78, 5) is 1.41. The van der Waals surface area contributed by atoms with Crippen molar-refractivity contribution in [3.05, 3.63) is 42.5 Å². The quantitative estimate of drug-likeness (QED) is 0.324. The average Bonchev–Trinajstić information content (AvgIpc) is 2.50. The van der Waals surface area contributed by atoms with Gasteiger partial charge in [-0.25, -0.2) is 0 Å². The first-order valence-corrected chi connectivity index (χ1v) is 9.03. The molecule has 1 atom stereocenters. The molecule has 1 nitrogen and oxygen atoms in total. The molecule has 20 heavy (non-hydrogen) atoms. The lowest BCUT2D eigenvalue weighted by atomic mass is 9.99. The van der Waals surface area contributed by atoms with E-state index in [0.717, 1.165) is 13.0 Å². The van der Waals surface area contributed by atoms with E-state index in [0.29, 0.717) is 6.04 Å². The second kappa shape index (κ2) is 11.0. The van der Waals surface area contributed by atoms with Crippen LogP contribution in [0.4, 0.5) is 0 Å². The Labute approximate surface area is 129 Å². The van der Waals surface area contributed by atoms with Crippen LogP contribution in [0.25, 0.3) is 0 Å². The summed E-state index contributed by atoms with van der Waals surface area (Å²) >= 11 is 1.85. The SMILES string of the molecule is C=CCCCCCC(NCCC)c1ccccc1SC. The summed E-state index contributed by atoms with van der Waals surface area (Å²) < 4.78 is 0. The van der Waals surface area contributed by atoms with Gasteiger partial charge < -0.3 is 5.32 Å². The summed E-state index contributed by atoms with van der Waals surface area (Å²) in [7, 11) is 0. The van der Waals surface area contributed by atoms with Crippen LogP contribution >= 0.6 is 11.8 Å². The largest absolute Gasteiger partial charge is 0.310 e. The van der Waals surface area contributed by atoms with Crippen molar-refractivity contribution in [3.63, 3.8) is 0 Å². The smallest absolute Gasteiger partial charge is 0.0331 e. The zero-order chi connectivity index (χ0) is 14.6. The van der Waals surface area contributed by atoms with E-state index in [1.165, 1.54) is 42.6 Å². The maximum Gasteiger partial charge on any atom is 0.0331 e. The third kappa shape index (κ3) is 6.15. The van der Waals surface area contributed by atoms with E-state index < -0.39 is 0 Å². The third-order valence-corrected chi connectivity index (χ3v) is 4.37. The molecule has 0 amide bonds. The zero-order valence-electron chi connectivity index (χ0n) is 13.0. The van der Waals surface area contributed by atoms with Gasteiger partial charge >= 0.3 is 0 Å². The minimum absolute atomic E-state index is 0.502. The molecule has 2 heteroatoms. The van der Waals surface area contributed by atoms with Gasteiger partial charge in [0.25, 0.3) is 0 Å². The molecule has 1 unspecified atom stereocenters. The van der Waals surface area contributed by atoms with Gasteiger partial charge in [-0.2, -0.15) is 0 Å². The number of hydrogen-bond acceptors (Lipinski definition) is 2. The van der Waals surface area contributed by atoms with Gasteiger partial charge in [0.1, 0.15) is 0 Å². The molecule has 1 rings (SSSR count). The van der Waals surface area contributed by atoms with Gasteiger partial charge in [0.2, 0.25) is 0 Å². The van der Waals surface area contributed by atoms with E-state index in [1.54, 1.807) is 0 Å². The number of rotatable bonds is 11. The van der Waals surface area contributed by atoms with Crippen LogP contribution in [0.1, 0.15) is 57.1 Å². The van der Waals surface area contributed by atoms with Gasteiger partial charge in [-0.3, -0.25) is 0 Å². The first kappa shape index (κ1) is 17.3. The van der Waals surface area contributed by atoms with Crippen molar-refractivity contribution < 1.29 is 0 Å². The monoisotopic (exact) mass is 291 g/mol. The molecule has 0 heterocycles. The second-order valence-electron chi connectivity index (χ2n) is 5.18. The van der Waals surface area contributed by atoms with Crippen molar-refractivity contribution in [2.45, 2.75) is 56.4 Å². The molecular formula is C18H29NS. The highest BCUT2D eigenvalue weighted by Gasteiger charge is 2.13. The van der Waals surface area contributed by atoms with E-state index in [-0.39, 0.29) is 0 Å². The number of nitrogens with one attached hydrogen (secondary N) is 1. The number of thioether (sulfide) groups is 1. The summed E-state index contributed by atoms with van der Waals surface area (Å²) in [6, 6.07) is 9.31. The average molecular weight is 292 g/mol. The van der Waals surface area contributed by atoms with E-state index in [1.807, 2.05) is 17.8 Å². The Balaban J connectivity index is 2.60. The standard InChI is InChI=1S/C18H29NS/c1-4-6-7-8-9-13-17(19-15-5-2)16-12-10-11-14-18(16)20-3/h4,10-12,14,17,19H,1,5-9,13,15H2,2-3H3. The highest BCUT2D eigenvalue weighted by Crippen LogP contribution is 2.29. The molecule has 0 spiro atoms. The van der Waals surface area contributed by atoms with E-state index in [2.05, 4.69) is 49.3 Å². The summed E-state index contributed by atoms with van der Waals surface area (Å²) in [5.74, 6) is 0. The Morgan fingerprint density at radius 3 is 2.75 bits per heavy atom. The van der Waals surface area contributed by atoms with Gasteiger partial charge in [0.15, 0.2) is 0 Å². The fraction of sp³-hybridized carbons (Fsp3) is 0.556. The van der Waals surface area contributed by atoms with Crippen LogP contribution in [0.15, 0.2) is 41.8 Å². The van der Waals surface area contributed by atoms with Gasteiger partial charge in [-0.15, -0.1) is 18.3 Å². The Kier molecular flexibility index (Phi) is 9.52. The topological polar surface area (TPSA) is 12.0 Å². The molecule has 112 valence electrons. The van der Waals surface area contributed by atoms with E-state index in [9.17, 15) is 0 Å². The Morgan fingerprint density at radius 1 is 1.25 bits per heavy atom. The summed E-state index contributed by atoms with van der Waals surface area (Å²) in [6.07, 6.45) is 11.6. The van der Waals surface area contributed by atoms with Crippen molar-refractivity contribution in [1.82, 2.24) is 5.32 Å². The first-order chi connectivity index (χ1) is 9.83. The van der Waals surface area contributed by atoms with Gasteiger partial charge in [-0.1, -0.05) is 44.0 Å². The Hall–Kier alpha value is -0.730. The molecule has 0 aliphatic heterocycles. The number of allylic oxidation sites excluding steroid dienone is 1. The second-order valence-corrected chi connectivity index (χ2v) is 6.02. The van der Waals surface area contributed by atoms with E-state index >= 15 is 0 Å². The molecule has 0 saturated heterocycles. The lowest BCUT2D eigenvalue weighted by molar-refractivity contribution is 0.467. The maximum atomic E-state index is 3.79. The molecule has 1 aromatic rings. The van der Waals surface area contributed by atoms with Crippen LogP contribution in [0.2, 0.25) is 0 Å². The summed E-state index contributed by atoms with van der Waals surface area (Å²) in [5, 5.41) is 3.72. The zero-order valence-corrected chi connectivity index (χ0v) is 13.8. The fourth-order valence-electron chi connectivity index (χ4n) is 2.45. The molecule has 1 N–H and O–H groups in total. The molecule has 0 radical (unpaired) electrons. The van der Waals surface area contributed by atoms with E-state index in [4.69, 9.17) is 0 Å². The van der Waals surface area contributed by atoms with Crippen molar-refractivity contribution in [2.24, 2.45) is 0 Å². The number of benzene rings is 1. The van der Waals surface area contributed by atoms with Crippen LogP contribution in [-0.2, 0) is 0 Å². The molecule has 0 aliphatic rings. The van der Waals surface area contributed by atoms with Crippen molar-refractivity contribution in [2.75, 3.05) is 12.8 Å². The highest BCUT2D eigenvalue weighted by atomic mass is 32.2. The summed E-state index contributed by atoms with van der Waals surface area (Å²) in [5.41, 5.74) is 1.47. The molecule has 0 bridgehead atoms. The molecule has 0 saturated carbocycles. The van der Waals surface area contributed by atoms with Crippen LogP contribution in [0.5, 0.6) is 0 Å². The van der Waals surface area contributed by atoms with Gasteiger partial charge in [0.05, 0.1) is 0 Å². The number of hydrogen-bond donors (Lipinski definition) is 1. The third-order valence-electron chi connectivity index (χ3n) is 3.56. The molecule has 0 aliphatic carbocycles. The minimum Gasteiger partial charge on any atom is -0.310 e. The molecular weight excluding hydrogens is 262 g/mol. The molecule has 0 aromatic heterocycles. The normalized spacial score (nSPS) is 12.3. The predicted octanol–water partition coefficient (Wildman–Crippen LogP) is 5.59.